The molecule has 6 heteroatoms. The van der Waals surface area contributed by atoms with E-state index in [9.17, 15) is 9.59 Å². The van der Waals surface area contributed by atoms with Gasteiger partial charge in [-0.3, -0.25) is 9.59 Å². The molecule has 0 saturated heterocycles. The lowest BCUT2D eigenvalue weighted by molar-refractivity contribution is -0.137. The van der Waals surface area contributed by atoms with Gasteiger partial charge in [-0.15, -0.1) is 0 Å². The van der Waals surface area contributed by atoms with Gasteiger partial charge in [0.25, 0.3) is 0 Å². The number of carboxylic acid groups (broad SMARTS) is 1. The van der Waals surface area contributed by atoms with Crippen molar-refractivity contribution < 1.29 is 19.1 Å². The fraction of sp³-hybridized carbons (Fsp3) is 0.400. The second-order valence-corrected chi connectivity index (χ2v) is 4.98. The fourth-order valence-electron chi connectivity index (χ4n) is 2.01. The molecule has 1 heterocycles. The lowest BCUT2D eigenvalue weighted by Crippen LogP contribution is -2.33. The maximum atomic E-state index is 11.8. The molecule has 0 radical (unpaired) electrons. The fourth-order valence-corrected chi connectivity index (χ4v) is 2.01. The van der Waals surface area contributed by atoms with Crippen LogP contribution in [0.25, 0.3) is 11.1 Å². The van der Waals surface area contributed by atoms with Crippen LogP contribution in [0.5, 0.6) is 0 Å². The van der Waals surface area contributed by atoms with E-state index in [1.165, 1.54) is 0 Å². The molecule has 2 aromatic rings. The predicted octanol–water partition coefficient (Wildman–Crippen LogP) is 2.13. The van der Waals surface area contributed by atoms with Crippen LogP contribution >= 0.6 is 0 Å². The van der Waals surface area contributed by atoms with Gasteiger partial charge in [0.2, 0.25) is 5.91 Å². The van der Waals surface area contributed by atoms with Gasteiger partial charge in [0.15, 0.2) is 11.5 Å². The van der Waals surface area contributed by atoms with Crippen LogP contribution in [0, 0.1) is 0 Å². The quantitative estimate of drug-likeness (QED) is 0.815. The van der Waals surface area contributed by atoms with Crippen LogP contribution in [0.2, 0.25) is 0 Å². The van der Waals surface area contributed by atoms with Gasteiger partial charge in [-0.25, -0.2) is 4.98 Å². The van der Waals surface area contributed by atoms with Crippen LogP contribution in [0.1, 0.15) is 32.1 Å². The van der Waals surface area contributed by atoms with Gasteiger partial charge in [0.1, 0.15) is 5.52 Å². The highest BCUT2D eigenvalue weighted by Crippen LogP contribution is 2.15. The number of fused-ring (bicyclic) bond motifs is 1. The number of hydrogen-bond donors (Lipinski definition) is 2. The van der Waals surface area contributed by atoms with Gasteiger partial charge in [0.05, 0.1) is 0 Å². The van der Waals surface area contributed by atoms with E-state index in [1.807, 2.05) is 24.3 Å². The Bertz CT molecular complexity index is 602. The van der Waals surface area contributed by atoms with E-state index in [1.54, 1.807) is 6.92 Å². The SMILES string of the molecule is CC(CCC(=O)O)NC(=O)CCc1nc2ccccc2o1. The Labute approximate surface area is 122 Å². The Morgan fingerprint density at radius 3 is 2.81 bits per heavy atom. The molecule has 0 aliphatic rings. The first-order chi connectivity index (χ1) is 10.0. The molecule has 2 rings (SSSR count). The number of aryl methyl sites for hydroxylation is 1. The molecule has 1 aromatic heterocycles. The summed E-state index contributed by atoms with van der Waals surface area (Å²) in [6, 6.07) is 7.29. The van der Waals surface area contributed by atoms with Crippen LogP contribution in [0.4, 0.5) is 0 Å². The van der Waals surface area contributed by atoms with Gasteiger partial charge in [-0.1, -0.05) is 12.1 Å². The van der Waals surface area contributed by atoms with Crippen molar-refractivity contribution in [1.29, 1.82) is 0 Å². The maximum Gasteiger partial charge on any atom is 0.303 e. The summed E-state index contributed by atoms with van der Waals surface area (Å²) in [5, 5.41) is 11.4. The molecule has 1 unspecified atom stereocenters. The summed E-state index contributed by atoms with van der Waals surface area (Å²) in [5.41, 5.74) is 1.49. The standard InChI is InChI=1S/C15H18N2O4/c1-10(6-9-15(19)20)16-13(18)7-8-14-17-11-4-2-3-5-12(11)21-14/h2-5,10H,6-9H2,1H3,(H,16,18)(H,19,20). The molecular weight excluding hydrogens is 272 g/mol. The second kappa shape index (κ2) is 6.88. The number of rotatable bonds is 7. The molecule has 0 bridgehead atoms. The molecular formula is C15H18N2O4. The molecule has 6 nitrogen and oxygen atoms in total. The van der Waals surface area contributed by atoms with Crippen molar-refractivity contribution in [1.82, 2.24) is 10.3 Å². The summed E-state index contributed by atoms with van der Waals surface area (Å²) in [4.78, 5) is 26.5. The minimum Gasteiger partial charge on any atom is -0.481 e. The van der Waals surface area contributed by atoms with Crippen molar-refractivity contribution in [2.45, 2.75) is 38.6 Å². The van der Waals surface area contributed by atoms with Gasteiger partial charge < -0.3 is 14.8 Å². The molecule has 0 aliphatic heterocycles. The van der Waals surface area contributed by atoms with Crippen molar-refractivity contribution in [3.8, 4) is 0 Å². The van der Waals surface area contributed by atoms with Crippen LogP contribution in [-0.4, -0.2) is 28.0 Å². The molecule has 112 valence electrons. The normalized spacial score (nSPS) is 12.2. The van der Waals surface area contributed by atoms with E-state index < -0.39 is 5.97 Å². The third-order valence-electron chi connectivity index (χ3n) is 3.10. The number of carbonyl (C=O) groups excluding carboxylic acids is 1. The Morgan fingerprint density at radius 2 is 2.10 bits per heavy atom. The van der Waals surface area contributed by atoms with Crippen LogP contribution < -0.4 is 5.32 Å². The van der Waals surface area contributed by atoms with E-state index in [4.69, 9.17) is 9.52 Å². The zero-order valence-corrected chi connectivity index (χ0v) is 11.8. The number of carboxylic acids is 1. The lowest BCUT2D eigenvalue weighted by Gasteiger charge is -2.12. The smallest absolute Gasteiger partial charge is 0.303 e. The Morgan fingerprint density at radius 1 is 1.33 bits per heavy atom. The van der Waals surface area contributed by atoms with Crippen LogP contribution in [-0.2, 0) is 16.0 Å². The number of oxazole rings is 1. The minimum atomic E-state index is -0.859. The van der Waals surface area contributed by atoms with Crippen molar-refractivity contribution in [2.24, 2.45) is 0 Å². The molecule has 1 atom stereocenters. The van der Waals surface area contributed by atoms with E-state index in [2.05, 4.69) is 10.3 Å². The number of aromatic nitrogens is 1. The number of nitrogens with zero attached hydrogens (tertiary/aromatic N) is 1. The average Bonchev–Trinajstić information content (AvgIpc) is 2.86. The third kappa shape index (κ3) is 4.59. The number of para-hydroxylation sites is 2. The zero-order valence-electron chi connectivity index (χ0n) is 11.8. The summed E-state index contributed by atoms with van der Waals surface area (Å²) in [5.74, 6) is -0.456. The van der Waals surface area contributed by atoms with E-state index in [0.717, 1.165) is 5.52 Å². The van der Waals surface area contributed by atoms with Crippen molar-refractivity contribution in [2.75, 3.05) is 0 Å². The number of carbonyl (C=O) groups is 2. The first-order valence-corrected chi connectivity index (χ1v) is 6.90. The lowest BCUT2D eigenvalue weighted by atomic mass is 10.1. The Hall–Kier alpha value is -2.37. The highest BCUT2D eigenvalue weighted by Gasteiger charge is 2.11. The number of amides is 1. The monoisotopic (exact) mass is 290 g/mol. The third-order valence-corrected chi connectivity index (χ3v) is 3.10. The maximum absolute atomic E-state index is 11.8. The molecule has 0 spiro atoms. The molecule has 1 amide bonds. The molecule has 2 N–H and O–H groups in total. The van der Waals surface area contributed by atoms with Crippen LogP contribution in [0.15, 0.2) is 28.7 Å². The number of nitrogens with one attached hydrogen (secondary N) is 1. The summed E-state index contributed by atoms with van der Waals surface area (Å²) in [6.07, 6.45) is 1.16. The summed E-state index contributed by atoms with van der Waals surface area (Å²) in [7, 11) is 0. The number of benzene rings is 1. The molecule has 1 aromatic carbocycles. The topological polar surface area (TPSA) is 92.4 Å². The van der Waals surface area contributed by atoms with Gasteiger partial charge >= 0.3 is 5.97 Å². The molecule has 21 heavy (non-hydrogen) atoms. The van der Waals surface area contributed by atoms with Crippen molar-refractivity contribution in [3.05, 3.63) is 30.2 Å². The highest BCUT2D eigenvalue weighted by molar-refractivity contribution is 5.77. The number of aliphatic carboxylic acids is 1. The van der Waals surface area contributed by atoms with Gasteiger partial charge in [0, 0.05) is 25.3 Å². The minimum absolute atomic E-state index is 0.0482. The Balaban J connectivity index is 1.79. The second-order valence-electron chi connectivity index (χ2n) is 4.98. The molecule has 0 saturated carbocycles. The summed E-state index contributed by atoms with van der Waals surface area (Å²) in [6.45, 7) is 1.79. The molecule has 0 aliphatic carbocycles. The van der Waals surface area contributed by atoms with Gasteiger partial charge in [-0.05, 0) is 25.5 Å². The van der Waals surface area contributed by atoms with Crippen molar-refractivity contribution in [3.63, 3.8) is 0 Å². The number of hydrogen-bond acceptors (Lipinski definition) is 4. The van der Waals surface area contributed by atoms with E-state index >= 15 is 0 Å². The zero-order chi connectivity index (χ0) is 15.2. The summed E-state index contributed by atoms with van der Waals surface area (Å²) >= 11 is 0. The highest BCUT2D eigenvalue weighted by atomic mass is 16.4. The Kier molecular flexibility index (Phi) is 4.92. The van der Waals surface area contributed by atoms with Crippen molar-refractivity contribution >= 4 is 23.0 Å². The summed E-state index contributed by atoms with van der Waals surface area (Å²) < 4.78 is 5.53. The first-order valence-electron chi connectivity index (χ1n) is 6.90. The van der Waals surface area contributed by atoms with Crippen LogP contribution in [0.3, 0.4) is 0 Å². The molecule has 0 fully saturated rings. The van der Waals surface area contributed by atoms with E-state index in [0.29, 0.717) is 24.3 Å². The van der Waals surface area contributed by atoms with Gasteiger partial charge in [-0.2, -0.15) is 0 Å². The first kappa shape index (κ1) is 15.0. The largest absolute Gasteiger partial charge is 0.481 e. The van der Waals surface area contributed by atoms with E-state index in [-0.39, 0.29) is 24.8 Å². The predicted molar refractivity (Wildman–Crippen MR) is 76.8 cm³/mol. The average molecular weight is 290 g/mol.